The highest BCUT2D eigenvalue weighted by Crippen LogP contribution is 2.43. The molecular formula is C60H108N2O7P+. The first-order chi connectivity index (χ1) is 33.9. The van der Waals surface area contributed by atoms with Gasteiger partial charge in [0.05, 0.1) is 33.8 Å². The fourth-order valence-corrected chi connectivity index (χ4v) is 8.40. The van der Waals surface area contributed by atoms with Crippen molar-refractivity contribution in [1.29, 1.82) is 0 Å². The molecule has 0 saturated carbocycles. The first kappa shape index (κ1) is 67.2. The molecular weight excluding hydrogens is 892 g/mol. The monoisotopic (exact) mass is 1000 g/mol. The van der Waals surface area contributed by atoms with Crippen LogP contribution >= 0.6 is 7.82 Å². The van der Waals surface area contributed by atoms with Crippen molar-refractivity contribution in [2.24, 2.45) is 0 Å². The number of nitrogens with zero attached hydrogens (tertiary/aromatic N) is 1. The maximum absolute atomic E-state index is 13.5. The van der Waals surface area contributed by atoms with Crippen LogP contribution in [0.2, 0.25) is 0 Å². The third-order valence-electron chi connectivity index (χ3n) is 12.1. The van der Waals surface area contributed by atoms with Crippen molar-refractivity contribution in [3.63, 3.8) is 0 Å². The van der Waals surface area contributed by atoms with Gasteiger partial charge in [0.25, 0.3) is 0 Å². The molecule has 0 aromatic carbocycles. The molecule has 0 spiro atoms. The number of amides is 1. The molecule has 0 aromatic heterocycles. The molecule has 2 N–H and O–H groups in total. The number of esters is 1. The van der Waals surface area contributed by atoms with Crippen LogP contribution in [-0.4, -0.2) is 74.3 Å². The van der Waals surface area contributed by atoms with Crippen molar-refractivity contribution in [2.45, 2.75) is 245 Å². The number of nitrogens with one attached hydrogen (secondary N) is 1. The molecule has 1 amide bonds. The Bertz CT molecular complexity index is 1480. The number of ether oxygens (including phenoxy) is 1. The number of carbonyl (C=O) groups is 2. The Morgan fingerprint density at radius 2 is 0.914 bits per heavy atom. The summed E-state index contributed by atoms with van der Waals surface area (Å²) in [6, 6.07) is -0.871. The summed E-state index contributed by atoms with van der Waals surface area (Å²) in [5.74, 6) is -0.556. The minimum atomic E-state index is -4.46. The molecule has 0 aromatic rings. The van der Waals surface area contributed by atoms with E-state index in [1.165, 1.54) is 89.9 Å². The molecule has 0 aliphatic carbocycles. The van der Waals surface area contributed by atoms with E-state index in [9.17, 15) is 19.0 Å². The van der Waals surface area contributed by atoms with Gasteiger partial charge in [-0.15, -0.1) is 0 Å². The van der Waals surface area contributed by atoms with Gasteiger partial charge < -0.3 is 19.4 Å². The first-order valence-corrected chi connectivity index (χ1v) is 29.9. The van der Waals surface area contributed by atoms with Crippen LogP contribution in [0.15, 0.2) is 85.1 Å². The lowest BCUT2D eigenvalue weighted by Gasteiger charge is -2.27. The van der Waals surface area contributed by atoms with Crippen molar-refractivity contribution < 1.29 is 37.3 Å². The van der Waals surface area contributed by atoms with E-state index < -0.39 is 20.0 Å². The van der Waals surface area contributed by atoms with Gasteiger partial charge in [0.15, 0.2) is 0 Å². The molecule has 0 rings (SSSR count). The number of phosphoric acid groups is 1. The Balaban J connectivity index is 5.39. The van der Waals surface area contributed by atoms with E-state index in [2.05, 4.69) is 99.0 Å². The molecule has 9 nitrogen and oxygen atoms in total. The molecule has 404 valence electrons. The molecule has 0 bridgehead atoms. The second-order valence-electron chi connectivity index (χ2n) is 20.1. The Hall–Kier alpha value is -2.81. The van der Waals surface area contributed by atoms with Gasteiger partial charge >= 0.3 is 13.8 Å². The highest BCUT2D eigenvalue weighted by molar-refractivity contribution is 7.47. The van der Waals surface area contributed by atoms with Gasteiger partial charge in [-0.3, -0.25) is 18.6 Å². The minimum absolute atomic E-state index is 0.0287. The van der Waals surface area contributed by atoms with Crippen LogP contribution < -0.4 is 5.32 Å². The van der Waals surface area contributed by atoms with Gasteiger partial charge in [0.2, 0.25) is 5.91 Å². The van der Waals surface area contributed by atoms with E-state index in [0.717, 1.165) is 103 Å². The van der Waals surface area contributed by atoms with Crippen molar-refractivity contribution in [2.75, 3.05) is 40.9 Å². The molecule has 0 aliphatic heterocycles. The number of allylic oxidation sites excluding steroid dienone is 13. The second-order valence-corrected chi connectivity index (χ2v) is 21.5. The van der Waals surface area contributed by atoms with Crippen molar-refractivity contribution >= 4 is 19.7 Å². The van der Waals surface area contributed by atoms with Crippen molar-refractivity contribution in [3.05, 3.63) is 85.1 Å². The Morgan fingerprint density at radius 1 is 0.514 bits per heavy atom. The Morgan fingerprint density at radius 3 is 1.41 bits per heavy atom. The number of rotatable bonds is 50. The number of quaternary nitrogens is 1. The second kappa shape index (κ2) is 49.8. The molecule has 0 radical (unpaired) electrons. The molecule has 0 heterocycles. The van der Waals surface area contributed by atoms with Gasteiger partial charge in [-0.1, -0.05) is 202 Å². The largest absolute Gasteiger partial charge is 0.472 e. The molecule has 3 atom stereocenters. The molecule has 0 saturated heterocycles. The zero-order valence-corrected chi connectivity index (χ0v) is 46.9. The predicted octanol–water partition coefficient (Wildman–Crippen LogP) is 17.0. The number of hydrogen-bond acceptors (Lipinski definition) is 6. The van der Waals surface area contributed by atoms with Gasteiger partial charge in [-0.2, -0.15) is 0 Å². The highest BCUT2D eigenvalue weighted by atomic mass is 31.2. The van der Waals surface area contributed by atoms with Crippen LogP contribution in [-0.2, 0) is 27.9 Å². The average Bonchev–Trinajstić information content (AvgIpc) is 3.32. The summed E-state index contributed by atoms with van der Waals surface area (Å²) in [6.45, 7) is 6.82. The third kappa shape index (κ3) is 50.1. The Kier molecular flexibility index (Phi) is 47.8. The summed E-state index contributed by atoms with van der Waals surface area (Å²) >= 11 is 0. The van der Waals surface area contributed by atoms with Crippen molar-refractivity contribution in [3.8, 4) is 0 Å². The molecule has 0 aliphatic rings. The van der Waals surface area contributed by atoms with Crippen LogP contribution in [0.1, 0.15) is 233 Å². The molecule has 10 heteroatoms. The number of carbonyl (C=O) groups excluding carboxylic acids is 2. The van der Waals surface area contributed by atoms with Gasteiger partial charge in [-0.25, -0.2) is 4.57 Å². The molecule has 3 unspecified atom stereocenters. The van der Waals surface area contributed by atoms with Crippen LogP contribution in [0.3, 0.4) is 0 Å². The maximum atomic E-state index is 13.5. The number of phosphoric ester groups is 1. The summed E-state index contributed by atoms with van der Waals surface area (Å²) in [5.41, 5.74) is 0. The Labute approximate surface area is 431 Å². The summed E-state index contributed by atoms with van der Waals surface area (Å²) in [7, 11) is 1.46. The summed E-state index contributed by atoms with van der Waals surface area (Å²) in [6.07, 6.45) is 64.3. The summed E-state index contributed by atoms with van der Waals surface area (Å²) in [4.78, 5) is 37.5. The van der Waals surface area contributed by atoms with Crippen LogP contribution in [0.25, 0.3) is 0 Å². The van der Waals surface area contributed by atoms with E-state index >= 15 is 0 Å². The third-order valence-corrected chi connectivity index (χ3v) is 13.1. The summed E-state index contributed by atoms with van der Waals surface area (Å²) < 4.78 is 30.5. The van der Waals surface area contributed by atoms with Crippen LogP contribution in [0.4, 0.5) is 0 Å². The lowest BCUT2D eigenvalue weighted by molar-refractivity contribution is -0.870. The van der Waals surface area contributed by atoms with Gasteiger partial charge in [-0.05, 0) is 102 Å². The van der Waals surface area contributed by atoms with Crippen LogP contribution in [0.5, 0.6) is 0 Å². The smallest absolute Gasteiger partial charge is 0.456 e. The topological polar surface area (TPSA) is 111 Å². The highest BCUT2D eigenvalue weighted by Gasteiger charge is 2.30. The maximum Gasteiger partial charge on any atom is 0.472 e. The van der Waals surface area contributed by atoms with E-state index in [-0.39, 0.29) is 37.9 Å². The fourth-order valence-electron chi connectivity index (χ4n) is 7.67. The quantitative estimate of drug-likeness (QED) is 0.0205. The SMILES string of the molecule is CC/C=C/C/C=C/CCCCCCCCCC(=O)OC(/C=C\CCCCCCCCCCC)C(COP(=O)(O)OCC[N+](C)(C)C)NC(=O)CCCCC/C=C\C/C=C\C/C=C\C/C=C\CCCCC. The van der Waals surface area contributed by atoms with E-state index in [1.807, 2.05) is 33.3 Å². The minimum Gasteiger partial charge on any atom is -0.456 e. The van der Waals surface area contributed by atoms with E-state index in [4.69, 9.17) is 13.8 Å². The van der Waals surface area contributed by atoms with Crippen LogP contribution in [0, 0.1) is 0 Å². The molecule has 0 fully saturated rings. The van der Waals surface area contributed by atoms with E-state index in [1.54, 1.807) is 0 Å². The number of hydrogen-bond donors (Lipinski definition) is 2. The lowest BCUT2D eigenvalue weighted by Crippen LogP contribution is -2.47. The molecule has 70 heavy (non-hydrogen) atoms. The zero-order valence-electron chi connectivity index (χ0n) is 46.0. The van der Waals surface area contributed by atoms with Gasteiger partial charge in [0, 0.05) is 12.8 Å². The fraction of sp³-hybridized carbons (Fsp3) is 0.733. The number of likely N-dealkylation sites (N-methyl/N-ethyl adjacent to an activating group) is 1. The summed E-state index contributed by atoms with van der Waals surface area (Å²) in [5, 5.41) is 3.02. The number of unbranched alkanes of at least 4 members (excludes halogenated alkanes) is 22. The van der Waals surface area contributed by atoms with Crippen molar-refractivity contribution in [1.82, 2.24) is 5.32 Å². The van der Waals surface area contributed by atoms with E-state index in [0.29, 0.717) is 17.4 Å². The lowest BCUT2D eigenvalue weighted by atomic mass is 10.1. The predicted molar refractivity (Wildman–Crippen MR) is 300 cm³/mol. The zero-order chi connectivity index (χ0) is 51.5. The first-order valence-electron chi connectivity index (χ1n) is 28.4. The standard InChI is InChI=1S/C60H107N2O7P/c1-7-10-13-16-19-22-25-27-29-30-31-32-33-34-37-40-43-46-49-52-59(63)61-57(56-68-70(65,66)67-55-54-62(4,5)6)58(51-48-45-42-39-36-24-21-18-15-12-9-3)69-60(64)53-50-47-44-41-38-35-28-26-23-20-17-14-11-8-2/h11,14,19-20,22-23,27,29,31-32,34,37,48,51,57-58H,7-10,12-13,15-18,21,24-26,28,30,33,35-36,38-47,49-50,52-56H2,1-6H3,(H-,61,63,65,66)/p+1/b14-11+,22-19-,23-20+,29-27-,32-31-,37-34-,51-48-. The average molecular weight is 1000 g/mol. The normalized spacial score (nSPS) is 14.4. The van der Waals surface area contributed by atoms with Gasteiger partial charge in [0.1, 0.15) is 19.3 Å².